The van der Waals surface area contributed by atoms with Crippen LogP contribution in [-0.4, -0.2) is 77.8 Å². The van der Waals surface area contributed by atoms with Gasteiger partial charge in [0.1, 0.15) is 0 Å². The average molecular weight is 349 g/mol. The van der Waals surface area contributed by atoms with E-state index in [0.29, 0.717) is 32.1 Å². The minimum absolute atomic E-state index is 0.0877. The quantitative estimate of drug-likeness (QED) is 0.800. The lowest BCUT2D eigenvalue weighted by molar-refractivity contribution is -0.146. The number of amides is 2. The number of aryl methyl sites for hydroxylation is 1. The van der Waals surface area contributed by atoms with Crippen molar-refractivity contribution in [3.05, 3.63) is 12.3 Å². The number of hydrogen-bond donors (Lipinski definition) is 1. The molecule has 2 amide bonds. The molecule has 0 aliphatic carbocycles. The number of nitrogens with one attached hydrogen (secondary N) is 1. The van der Waals surface area contributed by atoms with Gasteiger partial charge in [0, 0.05) is 46.1 Å². The van der Waals surface area contributed by atoms with Crippen LogP contribution in [0.2, 0.25) is 0 Å². The van der Waals surface area contributed by atoms with Crippen LogP contribution in [0.1, 0.15) is 19.3 Å². The number of methoxy groups -OCH3 is 1. The number of carbonyl (C=O) groups is 2. The van der Waals surface area contributed by atoms with Crippen LogP contribution in [0.15, 0.2) is 12.3 Å². The number of anilines is 1. The Balaban J connectivity index is 1.55. The van der Waals surface area contributed by atoms with Crippen molar-refractivity contribution in [1.82, 2.24) is 19.6 Å². The summed E-state index contributed by atoms with van der Waals surface area (Å²) < 4.78 is 6.76. The second-order valence-corrected chi connectivity index (χ2v) is 7.05. The summed E-state index contributed by atoms with van der Waals surface area (Å²) in [4.78, 5) is 29.1. The Kier molecular flexibility index (Phi) is 5.39. The molecule has 0 radical (unpaired) electrons. The zero-order valence-electron chi connectivity index (χ0n) is 15.0. The fraction of sp³-hybridized carbons (Fsp3) is 0.706. The van der Waals surface area contributed by atoms with Crippen molar-refractivity contribution in [3.8, 4) is 0 Å². The summed E-state index contributed by atoms with van der Waals surface area (Å²) in [5.74, 6) is 0.694. The monoisotopic (exact) mass is 349 g/mol. The Morgan fingerprint density at radius 3 is 2.96 bits per heavy atom. The van der Waals surface area contributed by atoms with Crippen molar-refractivity contribution >= 4 is 17.6 Å². The zero-order chi connectivity index (χ0) is 17.9. The minimum Gasteiger partial charge on any atom is -0.383 e. The maximum Gasteiger partial charge on any atom is 0.239 e. The smallest absolute Gasteiger partial charge is 0.239 e. The van der Waals surface area contributed by atoms with Crippen LogP contribution < -0.4 is 5.32 Å². The highest BCUT2D eigenvalue weighted by Gasteiger charge is 2.48. The highest BCUT2D eigenvalue weighted by atomic mass is 16.5. The largest absolute Gasteiger partial charge is 0.383 e. The highest BCUT2D eigenvalue weighted by Crippen LogP contribution is 2.39. The molecule has 25 heavy (non-hydrogen) atoms. The third kappa shape index (κ3) is 4.01. The van der Waals surface area contributed by atoms with E-state index in [2.05, 4.69) is 15.3 Å². The predicted molar refractivity (Wildman–Crippen MR) is 93.0 cm³/mol. The average Bonchev–Trinajstić information content (AvgIpc) is 3.16. The van der Waals surface area contributed by atoms with E-state index in [0.717, 1.165) is 32.4 Å². The summed E-state index contributed by atoms with van der Waals surface area (Å²) in [6.07, 6.45) is 4.54. The van der Waals surface area contributed by atoms with Gasteiger partial charge in [-0.15, -0.1) is 0 Å². The Labute approximate surface area is 148 Å². The molecule has 8 heteroatoms. The minimum atomic E-state index is -0.322. The summed E-state index contributed by atoms with van der Waals surface area (Å²) in [7, 11) is 3.46. The molecule has 1 N–H and O–H groups in total. The molecule has 8 nitrogen and oxygen atoms in total. The molecular weight excluding hydrogens is 322 g/mol. The van der Waals surface area contributed by atoms with Gasteiger partial charge >= 0.3 is 0 Å². The second kappa shape index (κ2) is 7.53. The molecule has 1 aromatic heterocycles. The van der Waals surface area contributed by atoms with E-state index in [1.807, 2.05) is 11.9 Å². The third-order valence-corrected chi connectivity index (χ3v) is 5.17. The summed E-state index contributed by atoms with van der Waals surface area (Å²) >= 11 is 0. The SMILES string of the molecule is COCCN1CCCC2(CCN(CC(=O)Nc3ccn(C)n3)C2)C1=O. The number of hydrogen-bond acceptors (Lipinski definition) is 5. The molecule has 2 aliphatic heterocycles. The van der Waals surface area contributed by atoms with E-state index < -0.39 is 0 Å². The van der Waals surface area contributed by atoms with E-state index in [-0.39, 0.29) is 17.2 Å². The van der Waals surface area contributed by atoms with Gasteiger partial charge in [-0.25, -0.2) is 0 Å². The van der Waals surface area contributed by atoms with Gasteiger partial charge in [0.2, 0.25) is 11.8 Å². The van der Waals surface area contributed by atoms with Crippen LogP contribution in [-0.2, 0) is 21.4 Å². The molecule has 1 aromatic rings. The van der Waals surface area contributed by atoms with Crippen LogP contribution in [0.5, 0.6) is 0 Å². The van der Waals surface area contributed by atoms with Crippen molar-refractivity contribution in [2.75, 3.05) is 51.8 Å². The Bertz CT molecular complexity index is 632. The van der Waals surface area contributed by atoms with E-state index in [4.69, 9.17) is 4.74 Å². The van der Waals surface area contributed by atoms with Crippen molar-refractivity contribution in [3.63, 3.8) is 0 Å². The van der Waals surface area contributed by atoms with E-state index >= 15 is 0 Å². The molecule has 0 saturated carbocycles. The highest BCUT2D eigenvalue weighted by molar-refractivity contribution is 5.91. The van der Waals surface area contributed by atoms with Crippen LogP contribution in [0.4, 0.5) is 5.82 Å². The van der Waals surface area contributed by atoms with Crippen molar-refractivity contribution in [2.24, 2.45) is 12.5 Å². The van der Waals surface area contributed by atoms with E-state index in [1.165, 1.54) is 0 Å². The van der Waals surface area contributed by atoms with Gasteiger partial charge in [-0.1, -0.05) is 0 Å². The van der Waals surface area contributed by atoms with Crippen molar-refractivity contribution in [1.29, 1.82) is 0 Å². The van der Waals surface area contributed by atoms with E-state index in [1.54, 1.807) is 24.1 Å². The first-order chi connectivity index (χ1) is 12.0. The molecule has 3 rings (SSSR count). The van der Waals surface area contributed by atoms with Gasteiger partial charge in [-0.2, -0.15) is 5.10 Å². The number of aromatic nitrogens is 2. The number of nitrogens with zero attached hydrogens (tertiary/aromatic N) is 4. The standard InChI is InChI=1S/C17H27N5O3/c1-20-8-4-14(19-20)18-15(23)12-21-9-6-17(13-21)5-3-7-22(16(17)24)10-11-25-2/h4,8H,3,5-7,9-13H2,1-2H3,(H,18,19,23). The molecule has 2 fully saturated rings. The van der Waals surface area contributed by atoms with Gasteiger partial charge in [0.15, 0.2) is 5.82 Å². The Hall–Kier alpha value is -1.93. The van der Waals surface area contributed by atoms with Crippen LogP contribution >= 0.6 is 0 Å². The number of piperidine rings is 1. The van der Waals surface area contributed by atoms with Gasteiger partial charge in [-0.3, -0.25) is 19.2 Å². The zero-order valence-corrected chi connectivity index (χ0v) is 15.0. The molecule has 2 aliphatic rings. The van der Waals surface area contributed by atoms with Crippen LogP contribution in [0, 0.1) is 5.41 Å². The summed E-state index contributed by atoms with van der Waals surface area (Å²) in [6.45, 7) is 3.76. The first-order valence-corrected chi connectivity index (χ1v) is 8.83. The topological polar surface area (TPSA) is 79.7 Å². The third-order valence-electron chi connectivity index (χ3n) is 5.17. The van der Waals surface area contributed by atoms with Gasteiger partial charge < -0.3 is 15.0 Å². The van der Waals surface area contributed by atoms with Crippen molar-refractivity contribution < 1.29 is 14.3 Å². The lowest BCUT2D eigenvalue weighted by Crippen LogP contribution is -2.51. The maximum atomic E-state index is 12.9. The summed E-state index contributed by atoms with van der Waals surface area (Å²) in [6, 6.07) is 1.77. The Morgan fingerprint density at radius 1 is 1.40 bits per heavy atom. The lowest BCUT2D eigenvalue weighted by Gasteiger charge is -2.39. The first kappa shape index (κ1) is 17.9. The molecule has 2 saturated heterocycles. The molecule has 138 valence electrons. The molecule has 0 aromatic carbocycles. The van der Waals surface area contributed by atoms with E-state index in [9.17, 15) is 9.59 Å². The predicted octanol–water partition coefficient (Wildman–Crippen LogP) is 0.320. The number of carbonyl (C=O) groups excluding carboxylic acids is 2. The molecular formula is C17H27N5O3. The Morgan fingerprint density at radius 2 is 2.24 bits per heavy atom. The van der Waals surface area contributed by atoms with Gasteiger partial charge in [0.05, 0.1) is 18.6 Å². The first-order valence-electron chi connectivity index (χ1n) is 8.83. The molecule has 3 heterocycles. The number of rotatable bonds is 6. The maximum absolute atomic E-state index is 12.9. The van der Waals surface area contributed by atoms with Gasteiger partial charge in [-0.05, 0) is 25.8 Å². The van der Waals surface area contributed by atoms with Crippen molar-refractivity contribution in [2.45, 2.75) is 19.3 Å². The van der Waals surface area contributed by atoms with Gasteiger partial charge in [0.25, 0.3) is 0 Å². The van der Waals surface area contributed by atoms with Crippen LogP contribution in [0.25, 0.3) is 0 Å². The number of likely N-dealkylation sites (tertiary alicyclic amines) is 2. The normalized spacial score (nSPS) is 24.2. The fourth-order valence-electron chi connectivity index (χ4n) is 3.91. The number of ether oxygens (including phenoxy) is 1. The molecule has 1 unspecified atom stereocenters. The molecule has 1 spiro atoms. The van der Waals surface area contributed by atoms with Crippen LogP contribution in [0.3, 0.4) is 0 Å². The summed E-state index contributed by atoms with van der Waals surface area (Å²) in [5, 5.41) is 6.96. The summed E-state index contributed by atoms with van der Waals surface area (Å²) in [5.41, 5.74) is -0.322. The molecule has 0 bridgehead atoms. The molecule has 1 atom stereocenters. The second-order valence-electron chi connectivity index (χ2n) is 7.05. The fourth-order valence-corrected chi connectivity index (χ4v) is 3.91. The lowest BCUT2D eigenvalue weighted by atomic mass is 9.78.